The first kappa shape index (κ1) is 14.6. The van der Waals surface area contributed by atoms with Gasteiger partial charge in [0.05, 0.1) is 23.6 Å². The Morgan fingerprint density at radius 1 is 1.36 bits per heavy atom. The first-order valence-electron chi connectivity index (χ1n) is 6.82. The fraction of sp³-hybridized carbons (Fsp3) is 0.250. The van der Waals surface area contributed by atoms with Crippen molar-refractivity contribution in [3.63, 3.8) is 0 Å². The van der Waals surface area contributed by atoms with Gasteiger partial charge < -0.3 is 10.5 Å². The summed E-state index contributed by atoms with van der Waals surface area (Å²) in [6.45, 7) is 4.21. The Bertz CT molecular complexity index is 753. The number of anilines is 1. The maximum Gasteiger partial charge on any atom is 0.144 e. The minimum Gasteiger partial charge on any atom is -0.383 e. The van der Waals surface area contributed by atoms with Crippen molar-refractivity contribution < 1.29 is 4.74 Å². The molecule has 0 unspecified atom stereocenters. The van der Waals surface area contributed by atoms with Gasteiger partial charge in [-0.2, -0.15) is 10.4 Å². The van der Waals surface area contributed by atoms with E-state index in [1.807, 2.05) is 19.9 Å². The summed E-state index contributed by atoms with van der Waals surface area (Å²) in [4.78, 5) is 0. The number of hydrogen-bond donors (Lipinski definition) is 1. The number of benzene rings is 1. The molecule has 2 aliphatic heterocycles. The van der Waals surface area contributed by atoms with Gasteiger partial charge in [-0.05, 0) is 44.2 Å². The lowest BCUT2D eigenvalue weighted by Gasteiger charge is -2.34. The molecule has 6 heteroatoms. The molecule has 1 aromatic carbocycles. The van der Waals surface area contributed by atoms with E-state index in [2.05, 4.69) is 11.2 Å². The predicted molar refractivity (Wildman–Crippen MR) is 86.3 cm³/mol. The number of ether oxygens (including phenoxy) is 1. The van der Waals surface area contributed by atoms with Crippen LogP contribution in [-0.4, -0.2) is 17.9 Å². The van der Waals surface area contributed by atoms with Gasteiger partial charge in [0, 0.05) is 10.6 Å². The Kier molecular flexibility index (Phi) is 3.44. The number of rotatable bonds is 1. The van der Waals surface area contributed by atoms with E-state index >= 15 is 0 Å². The largest absolute Gasteiger partial charge is 0.383 e. The third-order valence-electron chi connectivity index (χ3n) is 3.54. The Balaban J connectivity index is 2.11. The molecule has 0 aliphatic carbocycles. The smallest absolute Gasteiger partial charge is 0.144 e. The number of hydrazone groups is 1. The van der Waals surface area contributed by atoms with Gasteiger partial charge >= 0.3 is 0 Å². The van der Waals surface area contributed by atoms with E-state index in [4.69, 9.17) is 22.1 Å². The molecule has 2 aliphatic rings. The molecule has 0 spiro atoms. The van der Waals surface area contributed by atoms with Gasteiger partial charge in [0.2, 0.25) is 0 Å². The van der Waals surface area contributed by atoms with Crippen LogP contribution < -0.4 is 10.7 Å². The molecule has 0 aromatic heterocycles. The van der Waals surface area contributed by atoms with Gasteiger partial charge in [-0.3, -0.25) is 0 Å². The minimum absolute atomic E-state index is 0.303. The number of hydrogen-bond acceptors (Lipinski definition) is 5. The highest BCUT2D eigenvalue weighted by molar-refractivity contribution is 6.30. The molecule has 2 N–H and O–H groups in total. The fourth-order valence-corrected chi connectivity index (χ4v) is 2.54. The lowest BCUT2D eigenvalue weighted by Crippen LogP contribution is -2.39. The molecular formula is C16H15ClN4O. The van der Waals surface area contributed by atoms with Gasteiger partial charge in [0.15, 0.2) is 0 Å². The zero-order valence-electron chi connectivity index (χ0n) is 12.3. The lowest BCUT2D eigenvalue weighted by atomic mass is 9.92. The van der Waals surface area contributed by atoms with Crippen LogP contribution >= 0.6 is 11.6 Å². The molecule has 3 rings (SSSR count). The number of allylic oxidation sites excluding steroid dienone is 1. The second-order valence-electron chi connectivity index (χ2n) is 5.66. The van der Waals surface area contributed by atoms with Crippen LogP contribution in [0.5, 0.6) is 0 Å². The molecule has 5 nitrogen and oxygen atoms in total. The summed E-state index contributed by atoms with van der Waals surface area (Å²) in [5, 5.41) is 16.2. The first-order chi connectivity index (χ1) is 10.4. The second-order valence-corrected chi connectivity index (χ2v) is 6.09. The normalized spacial score (nSPS) is 20.0. The van der Waals surface area contributed by atoms with E-state index in [9.17, 15) is 5.26 Å². The number of nitrogens with two attached hydrogens (primary N) is 1. The van der Waals surface area contributed by atoms with Crippen LogP contribution in [0.15, 0.2) is 52.4 Å². The molecule has 2 heterocycles. The maximum absolute atomic E-state index is 9.51. The van der Waals surface area contributed by atoms with Crippen LogP contribution in [0.4, 0.5) is 5.69 Å². The van der Waals surface area contributed by atoms with Crippen LogP contribution in [0, 0.1) is 11.3 Å². The molecule has 0 saturated heterocycles. The standard InChI is InChI=1S/C16H15ClN4O/c1-16(2)7-12-13(8-18)15(19)21(20-14(12)9-22-16)11-5-3-10(17)4-6-11/h3-7H,9,19H2,1-2H3. The van der Waals surface area contributed by atoms with Crippen molar-refractivity contribution in [3.05, 3.63) is 52.3 Å². The van der Waals surface area contributed by atoms with Crippen molar-refractivity contribution in [2.45, 2.75) is 19.4 Å². The van der Waals surface area contributed by atoms with Crippen molar-refractivity contribution in [2.24, 2.45) is 10.8 Å². The quantitative estimate of drug-likeness (QED) is 0.864. The highest BCUT2D eigenvalue weighted by Gasteiger charge is 2.33. The molecule has 0 fully saturated rings. The molecule has 112 valence electrons. The molecule has 0 bridgehead atoms. The van der Waals surface area contributed by atoms with Crippen molar-refractivity contribution >= 4 is 23.0 Å². The number of nitriles is 1. The Morgan fingerprint density at radius 2 is 2.05 bits per heavy atom. The summed E-state index contributed by atoms with van der Waals surface area (Å²) in [6.07, 6.45) is 1.89. The SMILES string of the molecule is CC1(C)C=C2C(=NN(c3ccc(Cl)cc3)C(N)=C2C#N)CO1. The van der Waals surface area contributed by atoms with Gasteiger partial charge in [0.1, 0.15) is 17.5 Å². The first-order valence-corrected chi connectivity index (χ1v) is 7.20. The average molecular weight is 315 g/mol. The lowest BCUT2D eigenvalue weighted by molar-refractivity contribution is 0.0409. The highest BCUT2D eigenvalue weighted by Crippen LogP contribution is 2.32. The molecule has 0 atom stereocenters. The topological polar surface area (TPSA) is 74.6 Å². The second kappa shape index (κ2) is 5.16. The van der Waals surface area contributed by atoms with Crippen molar-refractivity contribution in [1.82, 2.24) is 0 Å². The average Bonchev–Trinajstić information content (AvgIpc) is 2.47. The van der Waals surface area contributed by atoms with Gasteiger partial charge in [0.25, 0.3) is 0 Å². The molecule has 22 heavy (non-hydrogen) atoms. The summed E-state index contributed by atoms with van der Waals surface area (Å²) < 4.78 is 5.74. The van der Waals surface area contributed by atoms with Crippen molar-refractivity contribution in [2.75, 3.05) is 11.6 Å². The summed E-state index contributed by atoms with van der Waals surface area (Å²) in [5.74, 6) is 0.303. The zero-order chi connectivity index (χ0) is 15.9. The highest BCUT2D eigenvalue weighted by atomic mass is 35.5. The molecule has 0 saturated carbocycles. The third-order valence-corrected chi connectivity index (χ3v) is 3.79. The van der Waals surface area contributed by atoms with E-state index in [1.165, 1.54) is 0 Å². The van der Waals surface area contributed by atoms with Crippen LogP contribution in [0.25, 0.3) is 0 Å². The minimum atomic E-state index is -0.445. The summed E-state index contributed by atoms with van der Waals surface area (Å²) in [6, 6.07) is 9.29. The Morgan fingerprint density at radius 3 is 2.68 bits per heavy atom. The van der Waals surface area contributed by atoms with E-state index < -0.39 is 5.60 Å². The summed E-state index contributed by atoms with van der Waals surface area (Å²) in [5.41, 5.74) is 8.32. The van der Waals surface area contributed by atoms with Crippen LogP contribution in [0.2, 0.25) is 5.02 Å². The van der Waals surface area contributed by atoms with Gasteiger partial charge in [-0.15, -0.1) is 0 Å². The predicted octanol–water partition coefficient (Wildman–Crippen LogP) is 2.95. The molecule has 0 radical (unpaired) electrons. The van der Waals surface area contributed by atoms with Gasteiger partial charge in [-0.25, -0.2) is 5.01 Å². The van der Waals surface area contributed by atoms with Gasteiger partial charge in [-0.1, -0.05) is 11.6 Å². The Labute approximate surface area is 133 Å². The van der Waals surface area contributed by atoms with Crippen LogP contribution in [0.3, 0.4) is 0 Å². The zero-order valence-corrected chi connectivity index (χ0v) is 13.1. The van der Waals surface area contributed by atoms with E-state index in [0.717, 1.165) is 11.3 Å². The number of fused-ring (bicyclic) bond motifs is 1. The summed E-state index contributed by atoms with van der Waals surface area (Å²) >= 11 is 5.91. The maximum atomic E-state index is 9.51. The Hall–Kier alpha value is -2.29. The van der Waals surface area contributed by atoms with Crippen molar-refractivity contribution in [1.29, 1.82) is 5.26 Å². The fourth-order valence-electron chi connectivity index (χ4n) is 2.42. The van der Waals surface area contributed by atoms with E-state index in [-0.39, 0.29) is 0 Å². The monoisotopic (exact) mass is 314 g/mol. The number of halogens is 1. The van der Waals surface area contributed by atoms with E-state index in [1.54, 1.807) is 29.3 Å². The molecular weight excluding hydrogens is 300 g/mol. The summed E-state index contributed by atoms with van der Waals surface area (Å²) in [7, 11) is 0. The van der Waals surface area contributed by atoms with Crippen molar-refractivity contribution in [3.8, 4) is 6.07 Å². The third kappa shape index (κ3) is 2.47. The number of nitrogens with zero attached hydrogens (tertiary/aromatic N) is 3. The van der Waals surface area contributed by atoms with E-state index in [0.29, 0.717) is 28.7 Å². The van der Waals surface area contributed by atoms with Crippen LogP contribution in [-0.2, 0) is 4.74 Å². The molecule has 1 aromatic rings. The molecule has 0 amide bonds. The van der Waals surface area contributed by atoms with Crippen LogP contribution in [0.1, 0.15) is 13.8 Å².